The first kappa shape index (κ1) is 13.8. The first-order valence-corrected chi connectivity index (χ1v) is 8.31. The summed E-state index contributed by atoms with van der Waals surface area (Å²) in [4.78, 5) is 0.203. The molecule has 0 amide bonds. The van der Waals surface area contributed by atoms with Gasteiger partial charge in [-0.05, 0) is 52.9 Å². The van der Waals surface area contributed by atoms with Crippen LogP contribution < -0.4 is 10.5 Å². The second-order valence-corrected chi connectivity index (χ2v) is 7.26. The van der Waals surface area contributed by atoms with Crippen molar-refractivity contribution in [3.05, 3.63) is 22.7 Å². The molecule has 18 heavy (non-hydrogen) atoms. The molecule has 3 N–H and O–H groups in total. The van der Waals surface area contributed by atoms with Gasteiger partial charge in [-0.15, -0.1) is 0 Å². The molecular weight excluding hydrogens is 316 g/mol. The van der Waals surface area contributed by atoms with Crippen molar-refractivity contribution in [3.63, 3.8) is 0 Å². The van der Waals surface area contributed by atoms with Crippen LogP contribution in [-0.4, -0.2) is 15.0 Å². The van der Waals surface area contributed by atoms with Crippen molar-refractivity contribution < 1.29 is 8.42 Å². The Morgan fingerprint density at radius 1 is 1.39 bits per heavy atom. The minimum atomic E-state index is -3.47. The molecule has 2 rings (SSSR count). The lowest BCUT2D eigenvalue weighted by atomic mass is 10.2. The zero-order valence-corrected chi connectivity index (χ0v) is 12.4. The molecule has 1 aliphatic carbocycles. The first-order chi connectivity index (χ1) is 8.49. The van der Waals surface area contributed by atoms with Gasteiger partial charge in [-0.2, -0.15) is 0 Å². The molecule has 1 aliphatic rings. The van der Waals surface area contributed by atoms with Crippen LogP contribution in [0.2, 0.25) is 0 Å². The van der Waals surface area contributed by atoms with Gasteiger partial charge >= 0.3 is 0 Å². The fourth-order valence-corrected chi connectivity index (χ4v) is 3.88. The quantitative estimate of drug-likeness (QED) is 0.621. The minimum Gasteiger partial charge on any atom is -0.399 e. The summed E-state index contributed by atoms with van der Waals surface area (Å²) >= 11 is 3.23. The maximum absolute atomic E-state index is 12.1. The predicted octanol–water partition coefficient (Wildman–Crippen LogP) is 2.50. The van der Waals surface area contributed by atoms with Crippen LogP contribution in [-0.2, 0) is 10.0 Å². The van der Waals surface area contributed by atoms with Crippen LogP contribution in [0.4, 0.5) is 5.69 Å². The highest BCUT2D eigenvalue weighted by atomic mass is 79.9. The van der Waals surface area contributed by atoms with E-state index < -0.39 is 10.0 Å². The molecule has 1 aromatic rings. The molecule has 0 saturated heterocycles. The Kier molecular flexibility index (Phi) is 4.29. The SMILES string of the molecule is Nc1ccc(Br)c(S(=O)(=O)NCCCC2CC2)c1. The smallest absolute Gasteiger partial charge is 0.241 e. The number of sulfonamides is 1. The molecule has 0 heterocycles. The topological polar surface area (TPSA) is 72.2 Å². The standard InChI is InChI=1S/C12H17BrN2O2S/c13-11-6-5-10(14)8-12(11)18(16,17)15-7-1-2-9-3-4-9/h5-6,8-9,15H,1-4,7,14H2. The van der Waals surface area contributed by atoms with E-state index in [0.29, 0.717) is 16.7 Å². The first-order valence-electron chi connectivity index (χ1n) is 6.04. The van der Waals surface area contributed by atoms with Crippen molar-refractivity contribution in [2.75, 3.05) is 12.3 Å². The monoisotopic (exact) mass is 332 g/mol. The second kappa shape index (κ2) is 5.59. The number of nitrogen functional groups attached to an aromatic ring is 1. The Morgan fingerprint density at radius 2 is 2.11 bits per heavy atom. The van der Waals surface area contributed by atoms with Crippen molar-refractivity contribution in [1.29, 1.82) is 0 Å². The Hall–Kier alpha value is -0.590. The molecule has 0 radical (unpaired) electrons. The summed E-state index contributed by atoms with van der Waals surface area (Å²) in [5.74, 6) is 0.827. The summed E-state index contributed by atoms with van der Waals surface area (Å²) in [5, 5.41) is 0. The molecule has 0 spiro atoms. The normalized spacial score (nSPS) is 15.8. The zero-order valence-electron chi connectivity index (χ0n) is 10.0. The second-order valence-electron chi connectivity index (χ2n) is 4.67. The van der Waals surface area contributed by atoms with E-state index in [-0.39, 0.29) is 4.90 Å². The molecule has 0 aliphatic heterocycles. The molecule has 1 aromatic carbocycles. The number of hydrogen-bond donors (Lipinski definition) is 2. The lowest BCUT2D eigenvalue weighted by molar-refractivity contribution is 0.572. The van der Waals surface area contributed by atoms with E-state index in [2.05, 4.69) is 20.7 Å². The molecule has 100 valence electrons. The van der Waals surface area contributed by atoms with Crippen molar-refractivity contribution in [1.82, 2.24) is 4.72 Å². The summed E-state index contributed by atoms with van der Waals surface area (Å²) in [6.07, 6.45) is 4.60. The fourth-order valence-electron chi connectivity index (χ4n) is 1.81. The van der Waals surface area contributed by atoms with Gasteiger partial charge in [0.05, 0.1) is 4.90 Å². The Morgan fingerprint density at radius 3 is 2.78 bits per heavy atom. The van der Waals surface area contributed by atoms with Crippen LogP contribution in [0.25, 0.3) is 0 Å². The van der Waals surface area contributed by atoms with Crippen molar-refractivity contribution in [3.8, 4) is 0 Å². The van der Waals surface area contributed by atoms with Gasteiger partial charge in [-0.3, -0.25) is 0 Å². The highest BCUT2D eigenvalue weighted by Gasteiger charge is 2.21. The highest BCUT2D eigenvalue weighted by molar-refractivity contribution is 9.10. The third-order valence-corrected chi connectivity index (χ3v) is 5.48. The Balaban J connectivity index is 1.97. The van der Waals surface area contributed by atoms with E-state index in [1.807, 2.05) is 0 Å². The summed E-state index contributed by atoms with van der Waals surface area (Å²) in [7, 11) is -3.47. The van der Waals surface area contributed by atoms with Gasteiger partial charge in [0, 0.05) is 16.7 Å². The fraction of sp³-hybridized carbons (Fsp3) is 0.500. The lowest BCUT2D eigenvalue weighted by Gasteiger charge is -2.09. The van der Waals surface area contributed by atoms with E-state index in [9.17, 15) is 8.42 Å². The van der Waals surface area contributed by atoms with Gasteiger partial charge < -0.3 is 5.73 Å². The number of benzene rings is 1. The third-order valence-electron chi connectivity index (χ3n) is 3.02. The Labute approximate surface area is 116 Å². The molecule has 4 nitrogen and oxygen atoms in total. The zero-order chi connectivity index (χ0) is 13.2. The van der Waals surface area contributed by atoms with E-state index >= 15 is 0 Å². The lowest BCUT2D eigenvalue weighted by Crippen LogP contribution is -2.25. The predicted molar refractivity (Wildman–Crippen MR) is 75.7 cm³/mol. The largest absolute Gasteiger partial charge is 0.399 e. The molecule has 6 heteroatoms. The van der Waals surface area contributed by atoms with Crippen molar-refractivity contribution >= 4 is 31.6 Å². The van der Waals surface area contributed by atoms with Crippen LogP contribution >= 0.6 is 15.9 Å². The Bertz CT molecular complexity index is 527. The van der Waals surface area contributed by atoms with Crippen molar-refractivity contribution in [2.45, 2.75) is 30.6 Å². The summed E-state index contributed by atoms with van der Waals surface area (Å²) in [6, 6.07) is 4.78. The van der Waals surface area contributed by atoms with Crippen LogP contribution in [0.1, 0.15) is 25.7 Å². The summed E-state index contributed by atoms with van der Waals surface area (Å²) < 4.78 is 27.3. The average molecular weight is 333 g/mol. The number of nitrogens with one attached hydrogen (secondary N) is 1. The van der Waals surface area contributed by atoms with Gasteiger partial charge in [-0.25, -0.2) is 13.1 Å². The number of hydrogen-bond acceptors (Lipinski definition) is 3. The van der Waals surface area contributed by atoms with Gasteiger partial charge in [0.2, 0.25) is 10.0 Å². The molecule has 0 atom stereocenters. The highest BCUT2D eigenvalue weighted by Crippen LogP contribution is 2.33. The van der Waals surface area contributed by atoms with Gasteiger partial charge in [0.1, 0.15) is 0 Å². The molecule has 0 unspecified atom stereocenters. The van der Waals surface area contributed by atoms with E-state index in [1.165, 1.54) is 18.9 Å². The van der Waals surface area contributed by atoms with Crippen LogP contribution in [0.15, 0.2) is 27.6 Å². The van der Waals surface area contributed by atoms with Gasteiger partial charge in [0.15, 0.2) is 0 Å². The van der Waals surface area contributed by atoms with Crippen LogP contribution in [0.3, 0.4) is 0 Å². The van der Waals surface area contributed by atoms with Gasteiger partial charge in [-0.1, -0.05) is 12.8 Å². The summed E-state index contributed by atoms with van der Waals surface area (Å²) in [6.45, 7) is 0.486. The van der Waals surface area contributed by atoms with Crippen LogP contribution in [0.5, 0.6) is 0 Å². The molecular formula is C12H17BrN2O2S. The minimum absolute atomic E-state index is 0.203. The maximum Gasteiger partial charge on any atom is 0.241 e. The molecule has 1 saturated carbocycles. The van der Waals surface area contributed by atoms with E-state index in [0.717, 1.165) is 18.8 Å². The molecule has 1 fully saturated rings. The summed E-state index contributed by atoms with van der Waals surface area (Å²) in [5.41, 5.74) is 6.06. The van der Waals surface area contributed by atoms with Gasteiger partial charge in [0.25, 0.3) is 0 Å². The van der Waals surface area contributed by atoms with E-state index in [4.69, 9.17) is 5.73 Å². The van der Waals surface area contributed by atoms with Crippen molar-refractivity contribution in [2.24, 2.45) is 5.92 Å². The number of halogens is 1. The number of nitrogens with two attached hydrogens (primary N) is 1. The number of anilines is 1. The van der Waals surface area contributed by atoms with E-state index in [1.54, 1.807) is 12.1 Å². The average Bonchev–Trinajstić information content (AvgIpc) is 3.12. The third kappa shape index (κ3) is 3.70. The molecule has 0 bridgehead atoms. The number of rotatable bonds is 6. The molecule has 0 aromatic heterocycles. The van der Waals surface area contributed by atoms with Crippen LogP contribution in [0, 0.1) is 5.92 Å². The maximum atomic E-state index is 12.1.